The van der Waals surface area contributed by atoms with Gasteiger partial charge in [0.05, 0.1) is 4.88 Å². The Balaban J connectivity index is 1.37. The highest BCUT2D eigenvalue weighted by molar-refractivity contribution is 7.80. The third-order valence-corrected chi connectivity index (χ3v) is 6.20. The fourth-order valence-electron chi connectivity index (χ4n) is 3.26. The van der Waals surface area contributed by atoms with Gasteiger partial charge < -0.3 is 9.84 Å². The number of aryl methyl sites for hydroxylation is 1. The summed E-state index contributed by atoms with van der Waals surface area (Å²) in [5.41, 5.74) is 5.41. The van der Waals surface area contributed by atoms with Gasteiger partial charge >= 0.3 is 0 Å². The van der Waals surface area contributed by atoms with Crippen LogP contribution in [0.5, 0.6) is 0 Å². The molecule has 0 saturated heterocycles. The van der Waals surface area contributed by atoms with Crippen LogP contribution in [0.25, 0.3) is 10.7 Å². The van der Waals surface area contributed by atoms with Crippen LogP contribution in [0.4, 0.5) is 0 Å². The molecule has 1 aliphatic carbocycles. The molecule has 1 saturated carbocycles. The second-order valence-corrected chi connectivity index (χ2v) is 8.37. The molecule has 0 aliphatic heterocycles. The summed E-state index contributed by atoms with van der Waals surface area (Å²) in [5.74, 6) is 2.06. The Labute approximate surface area is 168 Å². The molecule has 0 spiro atoms. The molecule has 0 unspecified atom stereocenters. The molecule has 3 N–H and O–H groups in total. The highest BCUT2D eigenvalue weighted by Crippen LogP contribution is 2.29. The molecular weight excluding hydrogens is 382 g/mol. The van der Waals surface area contributed by atoms with Gasteiger partial charge in [0.25, 0.3) is 0 Å². The van der Waals surface area contributed by atoms with Crippen molar-refractivity contribution >= 4 is 34.6 Å². The minimum absolute atomic E-state index is 0.180. The molecule has 27 heavy (non-hydrogen) atoms. The molecule has 1 aliphatic rings. The summed E-state index contributed by atoms with van der Waals surface area (Å²) >= 11 is 6.84. The van der Waals surface area contributed by atoms with Crippen LogP contribution in [-0.2, 0) is 11.2 Å². The lowest BCUT2D eigenvalue weighted by atomic mass is 9.78. The molecule has 3 atom stereocenters. The molecule has 2 aromatic heterocycles. The van der Waals surface area contributed by atoms with Gasteiger partial charge in [0.1, 0.15) is 0 Å². The van der Waals surface area contributed by atoms with E-state index in [1.54, 1.807) is 11.3 Å². The third kappa shape index (κ3) is 5.49. The number of thiophene rings is 1. The normalized spacial score (nSPS) is 22.2. The Bertz CT molecular complexity index is 762. The Morgan fingerprint density at radius 1 is 1.37 bits per heavy atom. The first kappa shape index (κ1) is 19.8. The molecule has 0 bridgehead atoms. The molecule has 9 heteroatoms. The monoisotopic (exact) mass is 407 g/mol. The van der Waals surface area contributed by atoms with Crippen LogP contribution in [0.1, 0.15) is 45.4 Å². The van der Waals surface area contributed by atoms with Crippen LogP contribution < -0.4 is 16.2 Å². The molecule has 146 valence electrons. The number of hydrogen-bond donors (Lipinski definition) is 3. The summed E-state index contributed by atoms with van der Waals surface area (Å²) in [7, 11) is 0. The van der Waals surface area contributed by atoms with Gasteiger partial charge in [-0.05, 0) is 41.9 Å². The Morgan fingerprint density at radius 2 is 2.22 bits per heavy atom. The summed E-state index contributed by atoms with van der Waals surface area (Å²) in [4.78, 5) is 17.3. The van der Waals surface area contributed by atoms with E-state index in [0.717, 1.165) is 11.3 Å². The second kappa shape index (κ2) is 9.27. The van der Waals surface area contributed by atoms with Crippen LogP contribution in [0.3, 0.4) is 0 Å². The van der Waals surface area contributed by atoms with E-state index in [1.807, 2.05) is 17.5 Å². The Morgan fingerprint density at radius 3 is 3.00 bits per heavy atom. The van der Waals surface area contributed by atoms with Crippen molar-refractivity contribution in [2.45, 2.75) is 52.0 Å². The maximum Gasteiger partial charge on any atom is 0.238 e. The van der Waals surface area contributed by atoms with Gasteiger partial charge in [0, 0.05) is 18.9 Å². The standard InChI is InChI=1S/C18H25N5O2S2/c1-11-5-3-6-13(12(11)2)19-18(26)22-21-15(24)8-9-16-20-17(23-25-16)14-7-4-10-27-14/h4,7,10-13H,3,5-6,8-9H2,1-2H3,(H,21,24)(H2,19,22,26)/t11-,12-,13-/m1/s1. The first-order chi connectivity index (χ1) is 13.0. The van der Waals surface area contributed by atoms with E-state index in [-0.39, 0.29) is 12.3 Å². The highest BCUT2D eigenvalue weighted by atomic mass is 32.1. The molecule has 2 aromatic rings. The lowest BCUT2D eigenvalue weighted by Gasteiger charge is -2.35. The van der Waals surface area contributed by atoms with Crippen molar-refractivity contribution in [3.8, 4) is 10.7 Å². The van der Waals surface area contributed by atoms with Crippen molar-refractivity contribution in [3.05, 3.63) is 23.4 Å². The van der Waals surface area contributed by atoms with Crippen molar-refractivity contribution in [1.29, 1.82) is 0 Å². The van der Waals surface area contributed by atoms with Crippen LogP contribution in [0.15, 0.2) is 22.0 Å². The smallest absolute Gasteiger partial charge is 0.238 e. The van der Waals surface area contributed by atoms with Gasteiger partial charge in [-0.25, -0.2) is 0 Å². The molecular formula is C18H25N5O2S2. The second-order valence-electron chi connectivity index (χ2n) is 7.01. The Kier molecular flexibility index (Phi) is 6.78. The minimum Gasteiger partial charge on any atom is -0.358 e. The number of nitrogens with one attached hydrogen (secondary N) is 3. The maximum atomic E-state index is 12.0. The van der Waals surface area contributed by atoms with Gasteiger partial charge in [0.2, 0.25) is 17.6 Å². The molecule has 0 radical (unpaired) electrons. The van der Waals surface area contributed by atoms with Crippen LogP contribution in [0.2, 0.25) is 0 Å². The molecule has 1 fully saturated rings. The zero-order chi connectivity index (χ0) is 19.2. The fourth-order valence-corrected chi connectivity index (χ4v) is 4.11. The Hall–Kier alpha value is -2.00. The molecule has 2 heterocycles. The quantitative estimate of drug-likeness (QED) is 0.518. The van der Waals surface area contributed by atoms with Crippen molar-refractivity contribution < 1.29 is 9.32 Å². The van der Waals surface area contributed by atoms with Crippen LogP contribution in [0, 0.1) is 11.8 Å². The summed E-state index contributed by atoms with van der Waals surface area (Å²) in [6.45, 7) is 4.52. The highest BCUT2D eigenvalue weighted by Gasteiger charge is 2.27. The predicted octanol–water partition coefficient (Wildman–Crippen LogP) is 3.05. The predicted molar refractivity (Wildman–Crippen MR) is 109 cm³/mol. The van der Waals surface area contributed by atoms with E-state index in [9.17, 15) is 4.79 Å². The lowest BCUT2D eigenvalue weighted by Crippen LogP contribution is -2.52. The topological polar surface area (TPSA) is 92.1 Å². The number of carbonyl (C=O) groups excluding carboxylic acids is 1. The zero-order valence-electron chi connectivity index (χ0n) is 15.5. The van der Waals surface area contributed by atoms with Gasteiger partial charge in [0.15, 0.2) is 5.11 Å². The average Bonchev–Trinajstić information content (AvgIpc) is 3.33. The average molecular weight is 408 g/mol. The van der Waals surface area contributed by atoms with E-state index in [2.05, 4.69) is 40.2 Å². The summed E-state index contributed by atoms with van der Waals surface area (Å²) in [6, 6.07) is 4.21. The third-order valence-electron chi connectivity index (χ3n) is 5.11. The van der Waals surface area contributed by atoms with E-state index in [1.165, 1.54) is 12.8 Å². The number of amides is 1. The maximum absolute atomic E-state index is 12.0. The largest absolute Gasteiger partial charge is 0.358 e. The SMILES string of the molecule is C[C@@H]1[C@H](C)CCC[C@H]1NC(=S)NNC(=O)CCc1nc(-c2cccs2)no1. The van der Waals surface area contributed by atoms with E-state index >= 15 is 0 Å². The molecule has 3 rings (SSSR count). The number of aromatic nitrogens is 2. The summed E-state index contributed by atoms with van der Waals surface area (Å²) < 4.78 is 5.19. The number of rotatable bonds is 5. The molecule has 1 amide bonds. The van der Waals surface area contributed by atoms with E-state index in [0.29, 0.717) is 41.1 Å². The van der Waals surface area contributed by atoms with Gasteiger partial charge in [-0.1, -0.05) is 37.9 Å². The summed E-state index contributed by atoms with van der Waals surface area (Å²) in [5, 5.41) is 9.65. The summed E-state index contributed by atoms with van der Waals surface area (Å²) in [6.07, 6.45) is 4.18. The van der Waals surface area contributed by atoms with Gasteiger partial charge in [-0.15, -0.1) is 11.3 Å². The first-order valence-corrected chi connectivity index (χ1v) is 10.5. The van der Waals surface area contributed by atoms with Crippen LogP contribution >= 0.6 is 23.6 Å². The lowest BCUT2D eigenvalue weighted by molar-refractivity contribution is -0.121. The molecule has 7 nitrogen and oxygen atoms in total. The number of nitrogens with zero attached hydrogens (tertiary/aromatic N) is 2. The number of hydrogen-bond acceptors (Lipinski definition) is 6. The van der Waals surface area contributed by atoms with Crippen molar-refractivity contribution in [1.82, 2.24) is 26.3 Å². The first-order valence-electron chi connectivity index (χ1n) is 9.24. The number of carbonyl (C=O) groups is 1. The van der Waals surface area contributed by atoms with Crippen molar-refractivity contribution in [2.24, 2.45) is 11.8 Å². The van der Waals surface area contributed by atoms with E-state index in [4.69, 9.17) is 16.7 Å². The number of thiocarbonyl (C=S) groups is 1. The van der Waals surface area contributed by atoms with E-state index < -0.39 is 0 Å². The van der Waals surface area contributed by atoms with Crippen molar-refractivity contribution in [2.75, 3.05) is 0 Å². The van der Waals surface area contributed by atoms with Crippen LogP contribution in [-0.4, -0.2) is 27.2 Å². The van der Waals surface area contributed by atoms with Gasteiger partial charge in [-0.3, -0.25) is 15.6 Å². The minimum atomic E-state index is -0.180. The fraction of sp³-hybridized carbons (Fsp3) is 0.556. The van der Waals surface area contributed by atoms with Crippen molar-refractivity contribution in [3.63, 3.8) is 0 Å². The number of hydrazine groups is 1. The van der Waals surface area contributed by atoms with Gasteiger partial charge in [-0.2, -0.15) is 4.98 Å². The zero-order valence-corrected chi connectivity index (χ0v) is 17.2. The molecule has 0 aromatic carbocycles.